The Labute approximate surface area is 127 Å². The normalized spacial score (nSPS) is 12.0. The Morgan fingerprint density at radius 1 is 1.19 bits per heavy atom. The van der Waals surface area contributed by atoms with E-state index in [0.29, 0.717) is 6.04 Å². The molecule has 21 heavy (non-hydrogen) atoms. The Morgan fingerprint density at radius 2 is 1.90 bits per heavy atom. The Balaban J connectivity index is 1.87. The van der Waals surface area contributed by atoms with Gasteiger partial charge in [0.1, 0.15) is 12.2 Å². The first-order valence-corrected chi connectivity index (χ1v) is 7.65. The maximum absolute atomic E-state index is 4.35. The van der Waals surface area contributed by atoms with Gasteiger partial charge in [-0.05, 0) is 46.1 Å². The first-order chi connectivity index (χ1) is 9.98. The van der Waals surface area contributed by atoms with Crippen molar-refractivity contribution in [3.05, 3.63) is 48.0 Å². The van der Waals surface area contributed by atoms with Crippen molar-refractivity contribution in [2.24, 2.45) is 0 Å². The lowest BCUT2D eigenvalue weighted by atomic mass is 9.95. The topological polar surface area (TPSA) is 42.7 Å². The van der Waals surface area contributed by atoms with Gasteiger partial charge in [0.2, 0.25) is 0 Å². The number of aryl methyl sites for hydroxylation is 1. The average Bonchev–Trinajstić information content (AvgIpc) is 2.93. The quantitative estimate of drug-likeness (QED) is 0.848. The van der Waals surface area contributed by atoms with E-state index in [4.69, 9.17) is 0 Å². The van der Waals surface area contributed by atoms with Crippen LogP contribution in [0.25, 0.3) is 0 Å². The smallest absolute Gasteiger partial charge is 0.141 e. The van der Waals surface area contributed by atoms with Crippen molar-refractivity contribution in [3.63, 3.8) is 0 Å². The molecule has 1 aromatic carbocycles. The zero-order valence-electron chi connectivity index (χ0n) is 13.5. The summed E-state index contributed by atoms with van der Waals surface area (Å²) in [6.07, 6.45) is 3.80. The summed E-state index contributed by atoms with van der Waals surface area (Å²) in [5, 5.41) is 7.88. The predicted molar refractivity (Wildman–Crippen MR) is 86.1 cm³/mol. The third-order valence-electron chi connectivity index (χ3n) is 3.74. The van der Waals surface area contributed by atoms with Gasteiger partial charge in [-0.3, -0.25) is 0 Å². The molecule has 0 saturated heterocycles. The molecule has 0 aliphatic carbocycles. The van der Waals surface area contributed by atoms with E-state index in [-0.39, 0.29) is 5.54 Å². The molecule has 0 bridgehead atoms. The SMILES string of the molecule is CC(C)n1ncnc1CNC(C)(C)CCc1ccccc1. The maximum atomic E-state index is 4.35. The molecule has 2 rings (SSSR count). The predicted octanol–water partition coefficient (Wildman–Crippen LogP) is 3.36. The molecule has 0 radical (unpaired) electrons. The molecule has 0 saturated carbocycles. The molecule has 0 fully saturated rings. The minimum atomic E-state index is 0.0730. The van der Waals surface area contributed by atoms with Crippen LogP contribution in [-0.2, 0) is 13.0 Å². The van der Waals surface area contributed by atoms with Crippen molar-refractivity contribution < 1.29 is 0 Å². The molecule has 0 spiro atoms. The molecule has 4 nitrogen and oxygen atoms in total. The summed E-state index contributed by atoms with van der Waals surface area (Å²) in [4.78, 5) is 4.35. The van der Waals surface area contributed by atoms with Crippen LogP contribution in [0.3, 0.4) is 0 Å². The molecule has 0 aliphatic rings. The maximum Gasteiger partial charge on any atom is 0.141 e. The number of rotatable bonds is 7. The fourth-order valence-electron chi connectivity index (χ4n) is 2.34. The van der Waals surface area contributed by atoms with Crippen LogP contribution in [0.5, 0.6) is 0 Å². The molecular formula is C17H26N4. The Bertz CT molecular complexity index is 543. The highest BCUT2D eigenvalue weighted by atomic mass is 15.4. The summed E-state index contributed by atoms with van der Waals surface area (Å²) in [5.74, 6) is 0.998. The minimum absolute atomic E-state index is 0.0730. The average molecular weight is 286 g/mol. The van der Waals surface area contributed by atoms with Crippen LogP contribution in [0, 0.1) is 0 Å². The first kappa shape index (κ1) is 15.7. The lowest BCUT2D eigenvalue weighted by Gasteiger charge is -2.26. The second-order valence-corrected chi connectivity index (χ2v) is 6.44. The largest absolute Gasteiger partial charge is 0.305 e. The number of hydrogen-bond donors (Lipinski definition) is 1. The van der Waals surface area contributed by atoms with E-state index in [1.165, 1.54) is 5.56 Å². The Hall–Kier alpha value is -1.68. The van der Waals surface area contributed by atoms with Crippen molar-refractivity contribution in [2.45, 2.75) is 58.7 Å². The van der Waals surface area contributed by atoms with Gasteiger partial charge >= 0.3 is 0 Å². The zero-order valence-corrected chi connectivity index (χ0v) is 13.5. The molecule has 1 heterocycles. The number of aromatic nitrogens is 3. The molecular weight excluding hydrogens is 260 g/mol. The highest BCUT2D eigenvalue weighted by Gasteiger charge is 2.18. The summed E-state index contributed by atoms with van der Waals surface area (Å²) in [7, 11) is 0. The minimum Gasteiger partial charge on any atom is -0.305 e. The standard InChI is InChI=1S/C17H26N4/c1-14(2)21-16(18-13-20-21)12-19-17(3,4)11-10-15-8-6-5-7-9-15/h5-9,13-14,19H,10-12H2,1-4H3. The number of benzene rings is 1. The summed E-state index contributed by atoms with van der Waals surface area (Å²) in [6.45, 7) is 9.48. The molecule has 1 N–H and O–H groups in total. The summed E-state index contributed by atoms with van der Waals surface area (Å²) in [6, 6.07) is 11.0. The first-order valence-electron chi connectivity index (χ1n) is 7.65. The lowest BCUT2D eigenvalue weighted by molar-refractivity contribution is 0.348. The third kappa shape index (κ3) is 4.67. The number of hydrogen-bond acceptors (Lipinski definition) is 3. The van der Waals surface area contributed by atoms with Crippen molar-refractivity contribution >= 4 is 0 Å². The molecule has 0 atom stereocenters. The molecule has 1 aromatic heterocycles. The van der Waals surface area contributed by atoms with Crippen LogP contribution in [0.4, 0.5) is 0 Å². The van der Waals surface area contributed by atoms with E-state index >= 15 is 0 Å². The van der Waals surface area contributed by atoms with Crippen molar-refractivity contribution in [2.75, 3.05) is 0 Å². The molecule has 0 unspecified atom stereocenters. The van der Waals surface area contributed by atoms with E-state index in [1.54, 1.807) is 6.33 Å². The van der Waals surface area contributed by atoms with E-state index in [0.717, 1.165) is 25.2 Å². The van der Waals surface area contributed by atoms with Gasteiger partial charge in [0.05, 0.1) is 6.54 Å². The van der Waals surface area contributed by atoms with Crippen LogP contribution >= 0.6 is 0 Å². The molecule has 2 aromatic rings. The molecule has 0 amide bonds. The zero-order chi connectivity index (χ0) is 15.3. The molecule has 4 heteroatoms. The fraction of sp³-hybridized carbons (Fsp3) is 0.529. The van der Waals surface area contributed by atoms with Gasteiger partial charge in [0.25, 0.3) is 0 Å². The van der Waals surface area contributed by atoms with Gasteiger partial charge in [0.15, 0.2) is 0 Å². The number of nitrogens with zero attached hydrogens (tertiary/aromatic N) is 3. The van der Waals surface area contributed by atoms with Crippen LogP contribution in [0.1, 0.15) is 51.5 Å². The summed E-state index contributed by atoms with van der Waals surface area (Å²) < 4.78 is 1.97. The highest BCUT2D eigenvalue weighted by Crippen LogP contribution is 2.15. The van der Waals surface area contributed by atoms with Gasteiger partial charge in [0, 0.05) is 11.6 Å². The monoisotopic (exact) mass is 286 g/mol. The van der Waals surface area contributed by atoms with Crippen molar-refractivity contribution in [3.8, 4) is 0 Å². The van der Waals surface area contributed by atoms with Crippen LogP contribution in [0.15, 0.2) is 36.7 Å². The van der Waals surface area contributed by atoms with Crippen molar-refractivity contribution in [1.29, 1.82) is 0 Å². The fourth-order valence-corrected chi connectivity index (χ4v) is 2.34. The van der Waals surface area contributed by atoms with Gasteiger partial charge in [-0.2, -0.15) is 5.10 Å². The van der Waals surface area contributed by atoms with E-state index in [2.05, 4.69) is 73.4 Å². The summed E-state index contributed by atoms with van der Waals surface area (Å²) in [5.41, 5.74) is 1.46. The van der Waals surface area contributed by atoms with Crippen LogP contribution < -0.4 is 5.32 Å². The lowest BCUT2D eigenvalue weighted by Crippen LogP contribution is -2.39. The molecule has 114 valence electrons. The summed E-state index contributed by atoms with van der Waals surface area (Å²) >= 11 is 0. The third-order valence-corrected chi connectivity index (χ3v) is 3.74. The van der Waals surface area contributed by atoms with Gasteiger partial charge in [-0.1, -0.05) is 30.3 Å². The van der Waals surface area contributed by atoms with E-state index in [1.807, 2.05) is 4.68 Å². The second kappa shape index (κ2) is 6.85. The van der Waals surface area contributed by atoms with Gasteiger partial charge in [-0.15, -0.1) is 0 Å². The van der Waals surface area contributed by atoms with E-state index in [9.17, 15) is 0 Å². The van der Waals surface area contributed by atoms with E-state index < -0.39 is 0 Å². The second-order valence-electron chi connectivity index (χ2n) is 6.44. The van der Waals surface area contributed by atoms with Crippen molar-refractivity contribution in [1.82, 2.24) is 20.1 Å². The molecule has 0 aliphatic heterocycles. The number of nitrogens with one attached hydrogen (secondary N) is 1. The van der Waals surface area contributed by atoms with Gasteiger partial charge < -0.3 is 5.32 Å². The van der Waals surface area contributed by atoms with Crippen LogP contribution in [0.2, 0.25) is 0 Å². The van der Waals surface area contributed by atoms with Crippen LogP contribution in [-0.4, -0.2) is 20.3 Å². The Kier molecular flexibility index (Phi) is 5.12. The Morgan fingerprint density at radius 3 is 2.57 bits per heavy atom. The highest BCUT2D eigenvalue weighted by molar-refractivity contribution is 5.15. The van der Waals surface area contributed by atoms with Gasteiger partial charge in [-0.25, -0.2) is 9.67 Å².